The van der Waals surface area contributed by atoms with Gasteiger partial charge in [-0.05, 0) is 31.0 Å². The topological polar surface area (TPSA) is 64.9 Å². The molecule has 2 N–H and O–H groups in total. The van der Waals surface area contributed by atoms with E-state index >= 15 is 0 Å². The third-order valence-electron chi connectivity index (χ3n) is 3.26. The highest BCUT2D eigenvalue weighted by atomic mass is 19.1. The first-order valence-electron chi connectivity index (χ1n) is 6.62. The number of nitrogens with zero attached hydrogens (tertiary/aromatic N) is 1. The van der Waals surface area contributed by atoms with E-state index in [1.54, 1.807) is 12.1 Å². The predicted octanol–water partition coefficient (Wildman–Crippen LogP) is 2.70. The Morgan fingerprint density at radius 1 is 1.40 bits per heavy atom. The maximum Gasteiger partial charge on any atom is 0.263 e. The SMILES string of the molecule is N#C/C(=C/Nc1cccc(F)c1)C(=O)NC1CCCC1. The molecule has 104 valence electrons. The molecule has 1 fully saturated rings. The first kappa shape index (κ1) is 14.1. The van der Waals surface area contributed by atoms with Gasteiger partial charge >= 0.3 is 0 Å². The van der Waals surface area contributed by atoms with Crippen LogP contribution in [0.4, 0.5) is 10.1 Å². The van der Waals surface area contributed by atoms with Crippen LogP contribution in [-0.2, 0) is 4.79 Å². The molecular formula is C15H16FN3O. The van der Waals surface area contributed by atoms with Gasteiger partial charge in [0.15, 0.2) is 0 Å². The zero-order chi connectivity index (χ0) is 14.4. The van der Waals surface area contributed by atoms with Gasteiger partial charge < -0.3 is 10.6 Å². The molecule has 0 aliphatic heterocycles. The summed E-state index contributed by atoms with van der Waals surface area (Å²) in [7, 11) is 0. The summed E-state index contributed by atoms with van der Waals surface area (Å²) in [4.78, 5) is 11.9. The summed E-state index contributed by atoms with van der Waals surface area (Å²) in [5, 5.41) is 14.6. The monoisotopic (exact) mass is 273 g/mol. The highest BCUT2D eigenvalue weighted by molar-refractivity contribution is 5.97. The average molecular weight is 273 g/mol. The van der Waals surface area contributed by atoms with Crippen LogP contribution in [0.15, 0.2) is 36.0 Å². The molecule has 0 bridgehead atoms. The van der Waals surface area contributed by atoms with Crippen LogP contribution in [0.3, 0.4) is 0 Å². The first-order valence-corrected chi connectivity index (χ1v) is 6.62. The summed E-state index contributed by atoms with van der Waals surface area (Å²) in [6.07, 6.45) is 5.44. The van der Waals surface area contributed by atoms with E-state index < -0.39 is 0 Å². The molecule has 4 nitrogen and oxygen atoms in total. The van der Waals surface area contributed by atoms with Gasteiger partial charge in [-0.2, -0.15) is 5.26 Å². The zero-order valence-corrected chi connectivity index (χ0v) is 11.0. The minimum Gasteiger partial charge on any atom is -0.360 e. The Morgan fingerprint density at radius 2 is 2.15 bits per heavy atom. The Kier molecular flexibility index (Phi) is 4.72. The Labute approximate surface area is 117 Å². The minimum absolute atomic E-state index is 0.0128. The molecule has 1 aliphatic carbocycles. The van der Waals surface area contributed by atoms with Crippen LogP contribution in [0, 0.1) is 17.1 Å². The standard InChI is InChI=1S/C15H16FN3O/c16-12-4-3-7-14(8-12)18-10-11(9-17)15(20)19-13-5-1-2-6-13/h3-4,7-8,10,13,18H,1-2,5-6H2,(H,19,20)/b11-10-. The van der Waals surface area contributed by atoms with E-state index in [1.165, 1.54) is 18.3 Å². The largest absolute Gasteiger partial charge is 0.360 e. The Bertz CT molecular complexity index is 556. The third kappa shape index (κ3) is 3.82. The van der Waals surface area contributed by atoms with Crippen molar-refractivity contribution in [3.63, 3.8) is 0 Å². The lowest BCUT2D eigenvalue weighted by atomic mass is 10.2. The number of nitrogens with one attached hydrogen (secondary N) is 2. The highest BCUT2D eigenvalue weighted by Gasteiger charge is 2.19. The van der Waals surface area contributed by atoms with Gasteiger partial charge in [-0.1, -0.05) is 18.9 Å². The van der Waals surface area contributed by atoms with Gasteiger partial charge in [-0.25, -0.2) is 4.39 Å². The van der Waals surface area contributed by atoms with Crippen molar-refractivity contribution in [1.29, 1.82) is 5.26 Å². The van der Waals surface area contributed by atoms with Crippen molar-refractivity contribution in [2.45, 2.75) is 31.7 Å². The molecular weight excluding hydrogens is 257 g/mol. The fourth-order valence-corrected chi connectivity index (χ4v) is 2.22. The summed E-state index contributed by atoms with van der Waals surface area (Å²) >= 11 is 0. The van der Waals surface area contributed by atoms with Crippen molar-refractivity contribution in [2.75, 3.05) is 5.32 Å². The van der Waals surface area contributed by atoms with E-state index in [1.807, 2.05) is 6.07 Å². The average Bonchev–Trinajstić information content (AvgIpc) is 2.92. The molecule has 0 saturated heterocycles. The second-order valence-electron chi connectivity index (χ2n) is 4.78. The molecule has 0 heterocycles. The predicted molar refractivity (Wildman–Crippen MR) is 74.1 cm³/mol. The lowest BCUT2D eigenvalue weighted by Gasteiger charge is -2.11. The molecule has 20 heavy (non-hydrogen) atoms. The summed E-state index contributed by atoms with van der Waals surface area (Å²) < 4.78 is 13.0. The van der Waals surface area contributed by atoms with Crippen LogP contribution in [0.1, 0.15) is 25.7 Å². The number of anilines is 1. The van der Waals surface area contributed by atoms with Gasteiger partial charge in [-0.3, -0.25) is 4.79 Å². The van der Waals surface area contributed by atoms with Gasteiger partial charge in [0.2, 0.25) is 0 Å². The number of rotatable bonds is 4. The Morgan fingerprint density at radius 3 is 2.80 bits per heavy atom. The maximum absolute atomic E-state index is 13.0. The second-order valence-corrected chi connectivity index (χ2v) is 4.78. The van der Waals surface area contributed by atoms with Gasteiger partial charge in [-0.15, -0.1) is 0 Å². The molecule has 1 amide bonds. The summed E-state index contributed by atoms with van der Waals surface area (Å²) in [5.74, 6) is -0.763. The molecule has 1 aromatic rings. The summed E-state index contributed by atoms with van der Waals surface area (Å²) in [6.45, 7) is 0. The number of benzene rings is 1. The van der Waals surface area contributed by atoms with E-state index in [0.29, 0.717) is 5.69 Å². The lowest BCUT2D eigenvalue weighted by Crippen LogP contribution is -2.33. The van der Waals surface area contributed by atoms with Crippen molar-refractivity contribution in [1.82, 2.24) is 5.32 Å². The number of amides is 1. The van der Waals surface area contributed by atoms with Crippen LogP contribution < -0.4 is 10.6 Å². The lowest BCUT2D eigenvalue weighted by molar-refractivity contribution is -0.117. The van der Waals surface area contributed by atoms with Gasteiger partial charge in [0.25, 0.3) is 5.91 Å². The molecule has 5 heteroatoms. The van der Waals surface area contributed by atoms with Crippen molar-refractivity contribution in [3.8, 4) is 6.07 Å². The van der Waals surface area contributed by atoms with E-state index in [2.05, 4.69) is 10.6 Å². The van der Waals surface area contributed by atoms with Crippen LogP contribution >= 0.6 is 0 Å². The number of halogens is 1. The molecule has 1 saturated carbocycles. The Hall–Kier alpha value is -2.35. The van der Waals surface area contributed by atoms with E-state index in [4.69, 9.17) is 5.26 Å². The normalized spacial score (nSPS) is 15.7. The number of nitriles is 1. The zero-order valence-electron chi connectivity index (χ0n) is 11.0. The maximum atomic E-state index is 13.0. The summed E-state index contributed by atoms with van der Waals surface area (Å²) in [6, 6.07) is 7.84. The molecule has 0 aromatic heterocycles. The minimum atomic E-state index is -0.386. The van der Waals surface area contributed by atoms with Crippen molar-refractivity contribution in [3.05, 3.63) is 41.9 Å². The highest BCUT2D eigenvalue weighted by Crippen LogP contribution is 2.18. The van der Waals surface area contributed by atoms with E-state index in [9.17, 15) is 9.18 Å². The first-order chi connectivity index (χ1) is 9.69. The molecule has 1 aromatic carbocycles. The van der Waals surface area contributed by atoms with Crippen LogP contribution in [-0.4, -0.2) is 11.9 Å². The van der Waals surface area contributed by atoms with Crippen molar-refractivity contribution >= 4 is 11.6 Å². The fourth-order valence-electron chi connectivity index (χ4n) is 2.22. The number of hydrogen-bond donors (Lipinski definition) is 2. The second kappa shape index (κ2) is 6.71. The molecule has 1 aliphatic rings. The Balaban J connectivity index is 1.98. The number of carbonyl (C=O) groups is 1. The molecule has 0 atom stereocenters. The third-order valence-corrected chi connectivity index (χ3v) is 3.26. The van der Waals surface area contributed by atoms with Gasteiger partial charge in [0.05, 0.1) is 0 Å². The molecule has 0 spiro atoms. The van der Waals surface area contributed by atoms with Crippen LogP contribution in [0.2, 0.25) is 0 Å². The summed E-state index contributed by atoms with van der Waals surface area (Å²) in [5.41, 5.74) is 0.479. The van der Waals surface area contributed by atoms with Gasteiger partial charge in [0, 0.05) is 17.9 Å². The molecule has 0 unspecified atom stereocenters. The van der Waals surface area contributed by atoms with Crippen LogP contribution in [0.5, 0.6) is 0 Å². The van der Waals surface area contributed by atoms with Crippen molar-refractivity contribution < 1.29 is 9.18 Å². The smallest absolute Gasteiger partial charge is 0.263 e. The molecule has 2 rings (SSSR count). The fraction of sp³-hybridized carbons (Fsp3) is 0.333. The van der Waals surface area contributed by atoms with E-state index in [-0.39, 0.29) is 23.3 Å². The number of hydrogen-bond acceptors (Lipinski definition) is 3. The molecule has 0 radical (unpaired) electrons. The van der Waals surface area contributed by atoms with E-state index in [0.717, 1.165) is 25.7 Å². The quantitative estimate of drug-likeness (QED) is 0.655. The van der Waals surface area contributed by atoms with Crippen molar-refractivity contribution in [2.24, 2.45) is 0 Å². The van der Waals surface area contributed by atoms with Crippen LogP contribution in [0.25, 0.3) is 0 Å². The number of carbonyl (C=O) groups excluding carboxylic acids is 1. The van der Waals surface area contributed by atoms with Gasteiger partial charge in [0.1, 0.15) is 17.5 Å².